The second kappa shape index (κ2) is 9.31. The Bertz CT molecular complexity index is 1360. The van der Waals surface area contributed by atoms with E-state index in [2.05, 4.69) is 20.6 Å². The van der Waals surface area contributed by atoms with Crippen LogP contribution in [0, 0.1) is 0 Å². The van der Waals surface area contributed by atoms with Crippen molar-refractivity contribution < 1.29 is 14.3 Å². The van der Waals surface area contributed by atoms with Gasteiger partial charge in [-0.3, -0.25) is 14.3 Å². The number of aromatic nitrogens is 4. The van der Waals surface area contributed by atoms with Gasteiger partial charge in [-0.05, 0) is 12.5 Å². The summed E-state index contributed by atoms with van der Waals surface area (Å²) in [5.41, 5.74) is 1.50. The topological polar surface area (TPSA) is 119 Å². The second-order valence-electron chi connectivity index (χ2n) is 7.09. The molecule has 0 saturated heterocycles. The van der Waals surface area contributed by atoms with Gasteiger partial charge in [0.1, 0.15) is 16.9 Å². The molecule has 4 aromatic rings. The van der Waals surface area contributed by atoms with Gasteiger partial charge in [0.2, 0.25) is 0 Å². The predicted molar refractivity (Wildman–Crippen MR) is 123 cm³/mol. The monoisotopic (exact) mass is 443 g/mol. The van der Waals surface area contributed by atoms with Crippen LogP contribution in [0.15, 0.2) is 71.7 Å². The zero-order valence-electron chi connectivity index (χ0n) is 18.0. The lowest BCUT2D eigenvalue weighted by molar-refractivity contribution is 0.0527. The van der Waals surface area contributed by atoms with Crippen molar-refractivity contribution in [1.29, 1.82) is 0 Å². The fourth-order valence-electron chi connectivity index (χ4n) is 3.47. The second-order valence-corrected chi connectivity index (χ2v) is 7.09. The van der Waals surface area contributed by atoms with Crippen LogP contribution in [0.1, 0.15) is 27.6 Å². The van der Waals surface area contributed by atoms with Gasteiger partial charge in [0.15, 0.2) is 0 Å². The van der Waals surface area contributed by atoms with Crippen molar-refractivity contribution in [3.8, 4) is 22.4 Å². The fraction of sp³-hybridized carbons (Fsp3) is 0.125. The molecule has 2 aromatic carbocycles. The Labute approximate surface area is 189 Å². The largest absolute Gasteiger partial charge is 0.462 e. The number of ether oxygens (including phenoxy) is 1. The highest BCUT2D eigenvalue weighted by Gasteiger charge is 2.26. The molecule has 1 amide bonds. The van der Waals surface area contributed by atoms with E-state index < -0.39 is 17.4 Å². The first-order chi connectivity index (χ1) is 16.0. The minimum absolute atomic E-state index is 0.0859. The van der Waals surface area contributed by atoms with E-state index in [1.807, 2.05) is 48.5 Å². The standard InChI is InChI=1S/C24H21N5O4/c1-3-33-24(32)17-14-25-29(2)21(17)26-22(30)19-18(15-10-6-4-7-11-15)20(27-28-23(19)31)16-12-8-5-9-13-16/h4-14H,3H2,1-2H3,(H,26,30)(H,28,31). The molecule has 0 aliphatic carbocycles. The van der Waals surface area contributed by atoms with Crippen LogP contribution in [0.25, 0.3) is 22.4 Å². The van der Waals surface area contributed by atoms with Gasteiger partial charge in [-0.1, -0.05) is 60.7 Å². The van der Waals surface area contributed by atoms with Crippen molar-refractivity contribution in [2.45, 2.75) is 6.92 Å². The predicted octanol–water partition coefficient (Wildman–Crippen LogP) is 3.27. The number of aryl methyl sites for hydroxylation is 1. The van der Waals surface area contributed by atoms with E-state index in [9.17, 15) is 14.4 Å². The molecule has 0 aliphatic heterocycles. The number of benzene rings is 2. The number of hydrogen-bond acceptors (Lipinski definition) is 6. The van der Waals surface area contributed by atoms with Crippen LogP contribution < -0.4 is 10.9 Å². The van der Waals surface area contributed by atoms with E-state index in [0.29, 0.717) is 16.8 Å². The number of aromatic amines is 1. The van der Waals surface area contributed by atoms with E-state index in [1.54, 1.807) is 26.1 Å². The summed E-state index contributed by atoms with van der Waals surface area (Å²) < 4.78 is 6.37. The molecule has 2 aromatic heterocycles. The van der Waals surface area contributed by atoms with E-state index in [4.69, 9.17) is 4.74 Å². The molecule has 4 rings (SSSR count). The van der Waals surface area contributed by atoms with Gasteiger partial charge in [-0.2, -0.15) is 10.2 Å². The summed E-state index contributed by atoms with van der Waals surface area (Å²) >= 11 is 0. The number of H-pyrrole nitrogens is 1. The van der Waals surface area contributed by atoms with Gasteiger partial charge < -0.3 is 10.1 Å². The van der Waals surface area contributed by atoms with E-state index >= 15 is 0 Å². The zero-order valence-corrected chi connectivity index (χ0v) is 18.0. The third kappa shape index (κ3) is 4.29. The van der Waals surface area contributed by atoms with Crippen molar-refractivity contribution in [3.05, 3.63) is 88.3 Å². The van der Waals surface area contributed by atoms with Crippen LogP contribution in [-0.4, -0.2) is 38.5 Å². The van der Waals surface area contributed by atoms with Crippen molar-refractivity contribution in [2.24, 2.45) is 7.05 Å². The number of anilines is 1. The number of nitrogens with one attached hydrogen (secondary N) is 2. The average Bonchev–Trinajstić information content (AvgIpc) is 3.20. The molecule has 0 bridgehead atoms. The Morgan fingerprint density at radius 3 is 2.30 bits per heavy atom. The number of amides is 1. The summed E-state index contributed by atoms with van der Waals surface area (Å²) in [5, 5.41) is 13.4. The lowest BCUT2D eigenvalue weighted by atomic mass is 9.95. The molecule has 166 valence electrons. The summed E-state index contributed by atoms with van der Waals surface area (Å²) in [6.07, 6.45) is 1.30. The van der Waals surface area contributed by atoms with Crippen molar-refractivity contribution in [2.75, 3.05) is 11.9 Å². The quantitative estimate of drug-likeness (QED) is 0.442. The van der Waals surface area contributed by atoms with Gasteiger partial charge in [0, 0.05) is 18.2 Å². The summed E-state index contributed by atoms with van der Waals surface area (Å²) in [5.74, 6) is -1.21. The SMILES string of the molecule is CCOC(=O)c1cnn(C)c1NC(=O)c1c(-c2ccccc2)c(-c2ccccc2)n[nH]c1=O. The lowest BCUT2D eigenvalue weighted by Crippen LogP contribution is -2.27. The maximum absolute atomic E-state index is 13.4. The molecule has 9 nitrogen and oxygen atoms in total. The molecular weight excluding hydrogens is 422 g/mol. The number of carbonyl (C=O) groups excluding carboxylic acids is 2. The summed E-state index contributed by atoms with van der Waals surface area (Å²) in [6, 6.07) is 18.3. The van der Waals surface area contributed by atoms with Gasteiger partial charge in [0.25, 0.3) is 11.5 Å². The Balaban J connectivity index is 1.87. The highest BCUT2D eigenvalue weighted by Crippen LogP contribution is 2.32. The minimum atomic E-state index is -0.705. The normalized spacial score (nSPS) is 10.6. The van der Waals surface area contributed by atoms with E-state index in [-0.39, 0.29) is 23.6 Å². The van der Waals surface area contributed by atoms with Crippen molar-refractivity contribution in [3.63, 3.8) is 0 Å². The number of esters is 1. The fourth-order valence-corrected chi connectivity index (χ4v) is 3.47. The van der Waals surface area contributed by atoms with Crippen molar-refractivity contribution >= 4 is 17.7 Å². The molecular formula is C24H21N5O4. The van der Waals surface area contributed by atoms with Crippen LogP contribution in [0.5, 0.6) is 0 Å². The van der Waals surface area contributed by atoms with Crippen molar-refractivity contribution in [1.82, 2.24) is 20.0 Å². The molecule has 2 heterocycles. The van der Waals surface area contributed by atoms with E-state index in [1.165, 1.54) is 10.9 Å². The Morgan fingerprint density at radius 1 is 1.03 bits per heavy atom. The van der Waals surface area contributed by atoms with Crippen LogP contribution >= 0.6 is 0 Å². The zero-order chi connectivity index (χ0) is 23.4. The molecule has 0 unspecified atom stereocenters. The summed E-state index contributed by atoms with van der Waals surface area (Å²) in [7, 11) is 1.57. The van der Waals surface area contributed by atoms with Crippen LogP contribution in [0.3, 0.4) is 0 Å². The number of nitrogens with zero attached hydrogens (tertiary/aromatic N) is 3. The molecule has 0 radical (unpaired) electrons. The first kappa shape index (κ1) is 21.7. The first-order valence-corrected chi connectivity index (χ1v) is 10.2. The highest BCUT2D eigenvalue weighted by atomic mass is 16.5. The van der Waals surface area contributed by atoms with Gasteiger partial charge in [-0.15, -0.1) is 0 Å². The maximum atomic E-state index is 13.4. The molecule has 9 heteroatoms. The lowest BCUT2D eigenvalue weighted by Gasteiger charge is -2.14. The molecule has 2 N–H and O–H groups in total. The molecule has 0 spiro atoms. The minimum Gasteiger partial charge on any atom is -0.462 e. The molecule has 0 saturated carbocycles. The van der Waals surface area contributed by atoms with Gasteiger partial charge in [0.05, 0.1) is 18.5 Å². The average molecular weight is 443 g/mol. The highest BCUT2D eigenvalue weighted by molar-refractivity contribution is 6.11. The van der Waals surface area contributed by atoms with Crippen LogP contribution in [0.2, 0.25) is 0 Å². The number of carbonyl (C=O) groups is 2. The van der Waals surface area contributed by atoms with Gasteiger partial charge >= 0.3 is 5.97 Å². The third-order valence-electron chi connectivity index (χ3n) is 4.99. The smallest absolute Gasteiger partial charge is 0.343 e. The molecule has 0 atom stereocenters. The molecule has 0 fully saturated rings. The maximum Gasteiger partial charge on any atom is 0.343 e. The van der Waals surface area contributed by atoms with E-state index in [0.717, 1.165) is 5.56 Å². The van der Waals surface area contributed by atoms with Gasteiger partial charge in [-0.25, -0.2) is 9.89 Å². The Morgan fingerprint density at radius 2 is 1.67 bits per heavy atom. The summed E-state index contributed by atoms with van der Waals surface area (Å²) in [6.45, 7) is 1.85. The molecule has 33 heavy (non-hydrogen) atoms. The first-order valence-electron chi connectivity index (χ1n) is 10.2. The third-order valence-corrected chi connectivity index (χ3v) is 4.99. The Kier molecular flexibility index (Phi) is 6.12. The number of rotatable bonds is 6. The summed E-state index contributed by atoms with van der Waals surface area (Å²) in [4.78, 5) is 38.6. The van der Waals surface area contributed by atoms with Crippen LogP contribution in [-0.2, 0) is 11.8 Å². The number of hydrogen-bond donors (Lipinski definition) is 2. The Hall–Kier alpha value is -4.53. The van der Waals surface area contributed by atoms with Crippen LogP contribution in [0.4, 0.5) is 5.82 Å². The molecule has 0 aliphatic rings.